The van der Waals surface area contributed by atoms with Crippen LogP contribution in [0.1, 0.15) is 18.9 Å². The van der Waals surface area contributed by atoms with Crippen LogP contribution in [0.25, 0.3) is 0 Å². The summed E-state index contributed by atoms with van der Waals surface area (Å²) in [5.41, 5.74) is 0.983. The van der Waals surface area contributed by atoms with Crippen molar-refractivity contribution in [3.05, 3.63) is 39.9 Å². The summed E-state index contributed by atoms with van der Waals surface area (Å²) in [5, 5.41) is 16.4. The normalized spacial score (nSPS) is 10.1. The fraction of sp³-hybridized carbons (Fsp3) is 0.417. The molecule has 0 radical (unpaired) electrons. The lowest BCUT2D eigenvalue weighted by molar-refractivity contribution is -0.384. The van der Waals surface area contributed by atoms with E-state index in [0.717, 1.165) is 18.5 Å². The first kappa shape index (κ1) is 14.1. The molecule has 0 aliphatic rings. The van der Waals surface area contributed by atoms with Crippen LogP contribution in [0.2, 0.25) is 0 Å². The SMILES string of the molecule is CC(=O)NCCCNCc1cccc([N+](=O)[O-])c1. The van der Waals surface area contributed by atoms with E-state index in [-0.39, 0.29) is 11.6 Å². The van der Waals surface area contributed by atoms with Crippen molar-refractivity contribution in [2.24, 2.45) is 0 Å². The highest BCUT2D eigenvalue weighted by atomic mass is 16.6. The Labute approximate surface area is 106 Å². The minimum Gasteiger partial charge on any atom is -0.356 e. The molecule has 18 heavy (non-hydrogen) atoms. The number of carbonyl (C=O) groups is 1. The van der Waals surface area contributed by atoms with Crippen LogP contribution in [0.3, 0.4) is 0 Å². The van der Waals surface area contributed by atoms with Crippen LogP contribution in [0, 0.1) is 10.1 Å². The molecular weight excluding hydrogens is 234 g/mol. The van der Waals surface area contributed by atoms with E-state index < -0.39 is 4.92 Å². The minimum absolute atomic E-state index is 0.0336. The maximum Gasteiger partial charge on any atom is 0.269 e. The van der Waals surface area contributed by atoms with E-state index in [1.165, 1.54) is 13.0 Å². The molecule has 0 bridgehead atoms. The summed E-state index contributed by atoms with van der Waals surface area (Å²) in [5.74, 6) is -0.0336. The Bertz CT molecular complexity index is 421. The third-order valence-corrected chi connectivity index (χ3v) is 2.35. The van der Waals surface area contributed by atoms with Gasteiger partial charge in [0, 0.05) is 32.1 Å². The molecule has 6 nitrogen and oxygen atoms in total. The largest absolute Gasteiger partial charge is 0.356 e. The molecule has 0 aliphatic carbocycles. The topological polar surface area (TPSA) is 84.3 Å². The number of nitrogens with zero attached hydrogens (tertiary/aromatic N) is 1. The maximum atomic E-state index is 10.6. The van der Waals surface area contributed by atoms with Gasteiger partial charge in [-0.05, 0) is 18.5 Å². The van der Waals surface area contributed by atoms with Crippen molar-refractivity contribution < 1.29 is 9.72 Å². The van der Waals surface area contributed by atoms with E-state index >= 15 is 0 Å². The van der Waals surface area contributed by atoms with Crippen LogP contribution >= 0.6 is 0 Å². The van der Waals surface area contributed by atoms with Gasteiger partial charge in [-0.3, -0.25) is 14.9 Å². The Morgan fingerprint density at radius 1 is 1.39 bits per heavy atom. The van der Waals surface area contributed by atoms with Crippen molar-refractivity contribution in [2.45, 2.75) is 19.9 Å². The Balaban J connectivity index is 2.25. The zero-order chi connectivity index (χ0) is 13.4. The van der Waals surface area contributed by atoms with Crippen molar-refractivity contribution in [1.82, 2.24) is 10.6 Å². The Hall–Kier alpha value is -1.95. The molecule has 0 saturated heterocycles. The quantitative estimate of drug-likeness (QED) is 0.433. The lowest BCUT2D eigenvalue weighted by atomic mass is 10.2. The molecule has 1 aromatic carbocycles. The second-order valence-electron chi connectivity index (χ2n) is 3.94. The summed E-state index contributed by atoms with van der Waals surface area (Å²) >= 11 is 0. The minimum atomic E-state index is -0.403. The van der Waals surface area contributed by atoms with Crippen LogP contribution in [0.5, 0.6) is 0 Å². The average Bonchev–Trinajstić information content (AvgIpc) is 2.33. The van der Waals surface area contributed by atoms with Gasteiger partial charge in [0.2, 0.25) is 5.91 Å². The summed E-state index contributed by atoms with van der Waals surface area (Å²) in [6, 6.07) is 6.54. The van der Waals surface area contributed by atoms with E-state index in [1.54, 1.807) is 12.1 Å². The fourth-order valence-corrected chi connectivity index (χ4v) is 1.49. The molecule has 98 valence electrons. The first-order chi connectivity index (χ1) is 8.59. The predicted octanol–water partition coefficient (Wildman–Crippen LogP) is 1.21. The van der Waals surface area contributed by atoms with Gasteiger partial charge in [-0.15, -0.1) is 0 Å². The number of hydrogen-bond donors (Lipinski definition) is 2. The molecule has 0 saturated carbocycles. The Morgan fingerprint density at radius 3 is 2.83 bits per heavy atom. The average molecular weight is 251 g/mol. The van der Waals surface area contributed by atoms with Crippen LogP contribution in [-0.2, 0) is 11.3 Å². The van der Waals surface area contributed by atoms with Crippen molar-refractivity contribution in [3.8, 4) is 0 Å². The number of nitro groups is 1. The fourth-order valence-electron chi connectivity index (χ4n) is 1.49. The third kappa shape index (κ3) is 5.40. The number of non-ortho nitro benzene ring substituents is 1. The smallest absolute Gasteiger partial charge is 0.269 e. The predicted molar refractivity (Wildman–Crippen MR) is 68.1 cm³/mol. The van der Waals surface area contributed by atoms with Gasteiger partial charge in [-0.1, -0.05) is 12.1 Å². The molecule has 2 N–H and O–H groups in total. The summed E-state index contributed by atoms with van der Waals surface area (Å²) < 4.78 is 0. The highest BCUT2D eigenvalue weighted by Gasteiger charge is 2.04. The van der Waals surface area contributed by atoms with Gasteiger partial charge >= 0.3 is 0 Å². The number of nitro benzene ring substituents is 1. The van der Waals surface area contributed by atoms with Gasteiger partial charge < -0.3 is 10.6 Å². The van der Waals surface area contributed by atoms with Gasteiger partial charge in [0.05, 0.1) is 4.92 Å². The number of rotatable bonds is 7. The molecule has 0 spiro atoms. The van der Waals surface area contributed by atoms with E-state index in [9.17, 15) is 14.9 Å². The van der Waals surface area contributed by atoms with Crippen molar-refractivity contribution in [1.29, 1.82) is 0 Å². The highest BCUT2D eigenvalue weighted by Crippen LogP contribution is 2.12. The molecule has 0 aliphatic heterocycles. The molecule has 1 aromatic rings. The van der Waals surface area contributed by atoms with Crippen LogP contribution < -0.4 is 10.6 Å². The van der Waals surface area contributed by atoms with E-state index in [4.69, 9.17) is 0 Å². The van der Waals surface area contributed by atoms with Crippen LogP contribution in [0.15, 0.2) is 24.3 Å². The number of amides is 1. The monoisotopic (exact) mass is 251 g/mol. The number of nitrogens with one attached hydrogen (secondary N) is 2. The van der Waals surface area contributed by atoms with E-state index in [0.29, 0.717) is 13.1 Å². The molecule has 0 fully saturated rings. The van der Waals surface area contributed by atoms with Crippen LogP contribution in [-0.4, -0.2) is 23.9 Å². The third-order valence-electron chi connectivity index (χ3n) is 2.35. The Kier molecular flexibility index (Phi) is 5.79. The van der Waals surface area contributed by atoms with Crippen molar-refractivity contribution >= 4 is 11.6 Å². The molecule has 0 atom stereocenters. The second-order valence-corrected chi connectivity index (χ2v) is 3.94. The molecule has 0 heterocycles. The number of carbonyl (C=O) groups excluding carboxylic acids is 1. The van der Waals surface area contributed by atoms with Crippen molar-refractivity contribution in [3.63, 3.8) is 0 Å². The molecule has 0 aromatic heterocycles. The number of benzene rings is 1. The molecular formula is C12H17N3O3. The van der Waals surface area contributed by atoms with Gasteiger partial charge in [-0.2, -0.15) is 0 Å². The first-order valence-corrected chi connectivity index (χ1v) is 5.78. The molecule has 1 rings (SSSR count). The lowest BCUT2D eigenvalue weighted by Crippen LogP contribution is -2.24. The van der Waals surface area contributed by atoms with Gasteiger partial charge in [-0.25, -0.2) is 0 Å². The zero-order valence-electron chi connectivity index (χ0n) is 10.3. The summed E-state index contributed by atoms with van der Waals surface area (Å²) in [6.45, 7) is 3.46. The summed E-state index contributed by atoms with van der Waals surface area (Å²) in [6.07, 6.45) is 0.828. The van der Waals surface area contributed by atoms with Crippen molar-refractivity contribution in [2.75, 3.05) is 13.1 Å². The second kappa shape index (κ2) is 7.39. The standard InChI is InChI=1S/C12H17N3O3/c1-10(16)14-7-3-6-13-9-11-4-2-5-12(8-11)15(17)18/h2,4-5,8,13H,3,6-7,9H2,1H3,(H,14,16). The highest BCUT2D eigenvalue weighted by molar-refractivity contribution is 5.72. The molecule has 6 heteroatoms. The number of hydrogen-bond acceptors (Lipinski definition) is 4. The van der Waals surface area contributed by atoms with Crippen LogP contribution in [0.4, 0.5) is 5.69 Å². The maximum absolute atomic E-state index is 10.6. The van der Waals surface area contributed by atoms with E-state index in [2.05, 4.69) is 10.6 Å². The summed E-state index contributed by atoms with van der Waals surface area (Å²) in [4.78, 5) is 20.8. The van der Waals surface area contributed by atoms with E-state index in [1.807, 2.05) is 6.07 Å². The molecule has 1 amide bonds. The van der Waals surface area contributed by atoms with Gasteiger partial charge in [0.25, 0.3) is 5.69 Å². The molecule has 0 unspecified atom stereocenters. The lowest BCUT2D eigenvalue weighted by Gasteiger charge is -2.05. The zero-order valence-corrected chi connectivity index (χ0v) is 10.3. The summed E-state index contributed by atoms with van der Waals surface area (Å²) in [7, 11) is 0. The first-order valence-electron chi connectivity index (χ1n) is 5.78. The Morgan fingerprint density at radius 2 is 2.17 bits per heavy atom. The van der Waals surface area contributed by atoms with Gasteiger partial charge in [0.15, 0.2) is 0 Å². The van der Waals surface area contributed by atoms with Gasteiger partial charge in [0.1, 0.15) is 0 Å².